The van der Waals surface area contributed by atoms with Gasteiger partial charge in [-0.3, -0.25) is 18.9 Å². The van der Waals surface area contributed by atoms with E-state index in [1.165, 1.54) is 10.8 Å². The molecule has 41 heavy (non-hydrogen) atoms. The molecule has 0 saturated carbocycles. The number of aromatic nitrogens is 2. The Kier molecular flexibility index (Phi) is 10.3. The molecule has 4 atom stereocenters. The standard InChI is InChI=1S/C27H31BrN3O9P/c1-17(2)13-22(26(33)38-20-7-5-4-6-8-20)30-41(35,40-21-11-9-19(28)10-12-21)37-16-24-36-15-23(39-24)31-14-18(3)25(32)29-27(31)34/h4-12,14,17,22-24H,13,15-16H2,1-3H3,(H,30,35)(H,29,32,34)/t22-,23+,24+,41?/m0/s1. The fourth-order valence-electron chi connectivity index (χ4n) is 3.90. The molecule has 0 radical (unpaired) electrons. The van der Waals surface area contributed by atoms with Crippen molar-refractivity contribution in [2.45, 2.75) is 45.8 Å². The average molecular weight is 652 g/mol. The van der Waals surface area contributed by atoms with E-state index >= 15 is 0 Å². The number of para-hydroxylation sites is 1. The first-order valence-electron chi connectivity index (χ1n) is 12.8. The smallest absolute Gasteiger partial charge is 0.425 e. The average Bonchev–Trinajstić information content (AvgIpc) is 3.40. The van der Waals surface area contributed by atoms with Gasteiger partial charge in [-0.05, 0) is 55.7 Å². The molecule has 1 aliphatic rings. The Labute approximate surface area is 244 Å². The molecule has 220 valence electrons. The van der Waals surface area contributed by atoms with Crippen LogP contribution in [0.25, 0.3) is 0 Å². The minimum atomic E-state index is -4.24. The highest BCUT2D eigenvalue weighted by Gasteiger charge is 2.38. The number of carbonyl (C=O) groups is 1. The molecule has 0 bridgehead atoms. The van der Waals surface area contributed by atoms with E-state index in [0.29, 0.717) is 11.3 Å². The normalized spacial score (nSPS) is 19.0. The summed E-state index contributed by atoms with van der Waals surface area (Å²) in [5, 5.41) is 2.75. The lowest BCUT2D eigenvalue weighted by Gasteiger charge is -2.26. The van der Waals surface area contributed by atoms with Crippen molar-refractivity contribution in [3.63, 3.8) is 0 Å². The highest BCUT2D eigenvalue weighted by molar-refractivity contribution is 9.10. The molecule has 14 heteroatoms. The van der Waals surface area contributed by atoms with Crippen molar-refractivity contribution in [1.82, 2.24) is 14.6 Å². The molecular formula is C27H31BrN3O9P. The predicted molar refractivity (Wildman–Crippen MR) is 153 cm³/mol. The van der Waals surface area contributed by atoms with E-state index in [1.54, 1.807) is 61.5 Å². The monoisotopic (exact) mass is 651 g/mol. The van der Waals surface area contributed by atoms with Crippen LogP contribution in [-0.2, 0) is 23.4 Å². The highest BCUT2D eigenvalue weighted by Crippen LogP contribution is 2.46. The summed E-state index contributed by atoms with van der Waals surface area (Å²) >= 11 is 3.35. The predicted octanol–water partition coefficient (Wildman–Crippen LogP) is 4.29. The summed E-state index contributed by atoms with van der Waals surface area (Å²) in [4.78, 5) is 39.3. The third kappa shape index (κ3) is 8.71. The summed E-state index contributed by atoms with van der Waals surface area (Å²) in [5.41, 5.74) is -0.831. The molecule has 2 aromatic carbocycles. The topological polar surface area (TPSA) is 147 Å². The van der Waals surface area contributed by atoms with Gasteiger partial charge in [0.15, 0.2) is 12.5 Å². The summed E-state index contributed by atoms with van der Waals surface area (Å²) in [5.74, 6) is -0.0676. The summed E-state index contributed by atoms with van der Waals surface area (Å²) in [6.07, 6.45) is -0.227. The summed E-state index contributed by atoms with van der Waals surface area (Å²) in [6.45, 7) is 4.99. The number of esters is 1. The van der Waals surface area contributed by atoms with Gasteiger partial charge in [0.05, 0.1) is 6.61 Å². The Bertz CT molecular complexity index is 1490. The van der Waals surface area contributed by atoms with E-state index in [1.807, 2.05) is 13.8 Å². The summed E-state index contributed by atoms with van der Waals surface area (Å²) in [7, 11) is -4.24. The van der Waals surface area contributed by atoms with E-state index in [0.717, 1.165) is 4.47 Å². The molecule has 1 fully saturated rings. The number of ether oxygens (including phenoxy) is 3. The van der Waals surface area contributed by atoms with Crippen molar-refractivity contribution < 1.29 is 32.6 Å². The first kappa shape index (κ1) is 30.9. The van der Waals surface area contributed by atoms with E-state index in [2.05, 4.69) is 26.0 Å². The van der Waals surface area contributed by atoms with Gasteiger partial charge in [-0.15, -0.1) is 0 Å². The Hall–Kier alpha value is -3.06. The largest absolute Gasteiger partial charge is 0.459 e. The van der Waals surface area contributed by atoms with E-state index in [4.69, 9.17) is 23.3 Å². The number of carbonyl (C=O) groups excluding carboxylic acids is 1. The zero-order chi connectivity index (χ0) is 29.6. The molecule has 0 aliphatic carbocycles. The lowest BCUT2D eigenvalue weighted by Crippen LogP contribution is -2.40. The SMILES string of the molecule is Cc1cn([C@H]2CO[C@@H](COP(=O)(N[C@@H](CC(C)C)C(=O)Oc3ccccc3)Oc3ccc(Br)cc3)O2)c(=O)[nH]c1=O. The van der Waals surface area contributed by atoms with Gasteiger partial charge in [-0.25, -0.2) is 14.2 Å². The Morgan fingerprint density at radius 2 is 1.85 bits per heavy atom. The van der Waals surface area contributed by atoms with Gasteiger partial charge in [0.2, 0.25) is 0 Å². The third-order valence-electron chi connectivity index (χ3n) is 5.88. The van der Waals surface area contributed by atoms with Crippen LogP contribution in [0.2, 0.25) is 0 Å². The molecule has 12 nitrogen and oxygen atoms in total. The quantitative estimate of drug-likeness (QED) is 0.165. The maximum Gasteiger partial charge on any atom is 0.459 e. The molecule has 4 rings (SSSR count). The number of benzene rings is 2. The second kappa shape index (κ2) is 13.7. The number of halogens is 1. The van der Waals surface area contributed by atoms with Crippen molar-refractivity contribution in [2.75, 3.05) is 13.2 Å². The van der Waals surface area contributed by atoms with Gasteiger partial charge in [0.1, 0.15) is 24.1 Å². The molecule has 1 aromatic heterocycles. The number of rotatable bonds is 12. The Morgan fingerprint density at radius 1 is 1.15 bits per heavy atom. The van der Waals surface area contributed by atoms with Crippen LogP contribution in [0.3, 0.4) is 0 Å². The minimum absolute atomic E-state index is 0.0237. The van der Waals surface area contributed by atoms with Crippen LogP contribution in [0, 0.1) is 12.8 Å². The zero-order valence-corrected chi connectivity index (χ0v) is 25.1. The van der Waals surface area contributed by atoms with E-state index < -0.39 is 43.5 Å². The molecule has 1 saturated heterocycles. The number of nitrogens with one attached hydrogen (secondary N) is 2. The molecule has 3 aromatic rings. The van der Waals surface area contributed by atoms with Gasteiger partial charge in [0.25, 0.3) is 5.56 Å². The maximum atomic E-state index is 14.1. The number of hydrogen-bond donors (Lipinski definition) is 2. The van der Waals surface area contributed by atoms with Crippen LogP contribution in [0.4, 0.5) is 0 Å². The molecule has 2 heterocycles. The highest BCUT2D eigenvalue weighted by atomic mass is 79.9. The molecule has 0 amide bonds. The molecular weight excluding hydrogens is 621 g/mol. The third-order valence-corrected chi connectivity index (χ3v) is 7.97. The van der Waals surface area contributed by atoms with Gasteiger partial charge < -0.3 is 18.7 Å². The maximum absolute atomic E-state index is 14.1. The Balaban J connectivity index is 1.51. The number of H-pyrrole nitrogens is 1. The lowest BCUT2D eigenvalue weighted by atomic mass is 10.1. The van der Waals surface area contributed by atoms with Crippen LogP contribution in [-0.4, -0.2) is 41.1 Å². The van der Waals surface area contributed by atoms with Crippen molar-refractivity contribution >= 4 is 29.6 Å². The van der Waals surface area contributed by atoms with Gasteiger partial charge in [-0.1, -0.05) is 48.0 Å². The van der Waals surface area contributed by atoms with Crippen molar-refractivity contribution in [3.05, 3.63) is 91.7 Å². The fraction of sp³-hybridized carbons (Fsp3) is 0.370. The number of hydrogen-bond acceptors (Lipinski definition) is 9. The second-order valence-electron chi connectivity index (χ2n) is 9.72. The van der Waals surface area contributed by atoms with E-state index in [9.17, 15) is 18.9 Å². The first-order chi connectivity index (χ1) is 19.5. The first-order valence-corrected chi connectivity index (χ1v) is 15.2. The Morgan fingerprint density at radius 3 is 2.54 bits per heavy atom. The van der Waals surface area contributed by atoms with Crippen LogP contribution in [0.5, 0.6) is 11.5 Å². The summed E-state index contributed by atoms with van der Waals surface area (Å²) in [6, 6.07) is 14.1. The van der Waals surface area contributed by atoms with Crippen LogP contribution >= 0.6 is 23.7 Å². The number of aryl methyl sites for hydroxylation is 1. The van der Waals surface area contributed by atoms with Crippen LogP contribution in [0.1, 0.15) is 32.1 Å². The van der Waals surface area contributed by atoms with Crippen molar-refractivity contribution in [1.29, 1.82) is 0 Å². The van der Waals surface area contributed by atoms with E-state index in [-0.39, 0.29) is 31.3 Å². The molecule has 0 spiro atoms. The minimum Gasteiger partial charge on any atom is -0.425 e. The fourth-order valence-corrected chi connectivity index (χ4v) is 5.65. The van der Waals surface area contributed by atoms with Gasteiger partial charge in [0, 0.05) is 16.2 Å². The molecule has 1 unspecified atom stereocenters. The molecule has 1 aliphatic heterocycles. The van der Waals surface area contributed by atoms with Crippen molar-refractivity contribution in [2.24, 2.45) is 5.92 Å². The van der Waals surface area contributed by atoms with Crippen molar-refractivity contribution in [3.8, 4) is 11.5 Å². The number of nitrogens with zero attached hydrogens (tertiary/aromatic N) is 1. The van der Waals surface area contributed by atoms with Gasteiger partial charge >= 0.3 is 19.4 Å². The van der Waals surface area contributed by atoms with Crippen LogP contribution in [0.15, 0.2) is 74.9 Å². The zero-order valence-electron chi connectivity index (χ0n) is 22.7. The number of aromatic amines is 1. The second-order valence-corrected chi connectivity index (χ2v) is 12.3. The van der Waals surface area contributed by atoms with Crippen LogP contribution < -0.4 is 25.6 Å². The summed E-state index contributed by atoms with van der Waals surface area (Å²) < 4.78 is 44.4. The lowest BCUT2D eigenvalue weighted by molar-refractivity contribution is -0.136. The van der Waals surface area contributed by atoms with Gasteiger partial charge in [-0.2, -0.15) is 5.09 Å². The molecule has 2 N–H and O–H groups in total.